The Bertz CT molecular complexity index is 1240. The number of nitrogens with zero attached hydrogens (tertiary/aromatic N) is 2. The van der Waals surface area contributed by atoms with Crippen LogP contribution in [-0.4, -0.2) is 29.9 Å². The lowest BCUT2D eigenvalue weighted by Gasteiger charge is -2.59. The number of β-lactam (4-membered cyclic amide) rings is 1. The largest absolute Gasteiger partial charge is 0.331 e. The highest BCUT2D eigenvalue weighted by Gasteiger charge is 2.62. The molecule has 3 aromatic carbocycles. The molecular weight excluding hydrogens is 477 g/mol. The average Bonchev–Trinajstić information content (AvgIpc) is 2.91. The lowest BCUT2D eigenvalue weighted by atomic mass is 9.62. The van der Waals surface area contributed by atoms with E-state index >= 15 is 0 Å². The van der Waals surface area contributed by atoms with Crippen LogP contribution in [0.4, 0.5) is 14.9 Å². The Morgan fingerprint density at radius 3 is 2.39 bits per heavy atom. The number of anilines is 1. The van der Waals surface area contributed by atoms with Crippen LogP contribution in [0.1, 0.15) is 49.4 Å². The smallest absolute Gasteiger partial charge is 0.317 e. The Morgan fingerprint density at radius 2 is 1.75 bits per heavy atom. The zero-order valence-corrected chi connectivity index (χ0v) is 20.9. The maximum atomic E-state index is 14.0. The summed E-state index contributed by atoms with van der Waals surface area (Å²) in [6.07, 6.45) is 1.87. The van der Waals surface area contributed by atoms with Gasteiger partial charge in [-0.15, -0.1) is 0 Å². The van der Waals surface area contributed by atoms with Crippen molar-refractivity contribution in [3.63, 3.8) is 0 Å². The second-order valence-corrected chi connectivity index (χ2v) is 10.0. The first-order valence-corrected chi connectivity index (χ1v) is 12.8. The van der Waals surface area contributed by atoms with Crippen molar-refractivity contribution in [2.45, 2.75) is 38.3 Å². The molecule has 0 radical (unpaired) electrons. The van der Waals surface area contributed by atoms with Crippen LogP contribution < -0.4 is 10.2 Å². The molecule has 3 aromatic rings. The van der Waals surface area contributed by atoms with E-state index in [0.717, 1.165) is 17.5 Å². The first kappa shape index (κ1) is 24.3. The molecule has 5 rings (SSSR count). The predicted octanol–water partition coefficient (Wildman–Crippen LogP) is 6.51. The van der Waals surface area contributed by atoms with E-state index in [0.29, 0.717) is 36.6 Å². The number of piperidine rings is 1. The van der Waals surface area contributed by atoms with Crippen molar-refractivity contribution in [3.05, 3.63) is 101 Å². The topological polar surface area (TPSA) is 52.7 Å². The number of urea groups is 1. The first-order valence-electron chi connectivity index (χ1n) is 12.4. The summed E-state index contributed by atoms with van der Waals surface area (Å²) in [7, 11) is 0. The molecule has 2 atom stereocenters. The molecule has 3 amide bonds. The van der Waals surface area contributed by atoms with Gasteiger partial charge in [-0.25, -0.2) is 9.18 Å². The fourth-order valence-corrected chi connectivity index (χ4v) is 5.73. The van der Waals surface area contributed by atoms with Crippen molar-refractivity contribution in [1.29, 1.82) is 0 Å². The van der Waals surface area contributed by atoms with Gasteiger partial charge in [0.25, 0.3) is 0 Å². The van der Waals surface area contributed by atoms with Gasteiger partial charge < -0.3 is 15.1 Å². The molecule has 2 saturated heterocycles. The second kappa shape index (κ2) is 9.94. The van der Waals surface area contributed by atoms with Gasteiger partial charge in [-0.2, -0.15) is 0 Å². The number of nitrogens with one attached hydrogen (secondary N) is 1. The number of hydrogen-bond acceptors (Lipinski definition) is 2. The summed E-state index contributed by atoms with van der Waals surface area (Å²) in [4.78, 5) is 30.2. The molecule has 0 saturated carbocycles. The second-order valence-electron chi connectivity index (χ2n) is 9.57. The molecule has 0 bridgehead atoms. The minimum Gasteiger partial charge on any atom is -0.331 e. The quantitative estimate of drug-likeness (QED) is 0.402. The van der Waals surface area contributed by atoms with Gasteiger partial charge >= 0.3 is 6.03 Å². The molecule has 0 aromatic heterocycles. The van der Waals surface area contributed by atoms with E-state index in [1.807, 2.05) is 61.5 Å². The maximum Gasteiger partial charge on any atom is 0.317 e. The van der Waals surface area contributed by atoms with E-state index < -0.39 is 5.41 Å². The highest BCUT2D eigenvalue weighted by atomic mass is 35.5. The Hall–Kier alpha value is -3.38. The third kappa shape index (κ3) is 4.35. The van der Waals surface area contributed by atoms with Gasteiger partial charge in [-0.1, -0.05) is 67.1 Å². The SMILES string of the molecule is CC[C@H](NC(=O)N1CCC2(CC1)C(=O)N(c1cccc(F)c1)C2c1ccc(Cl)cc1)c1ccccc1. The average molecular weight is 506 g/mol. The van der Waals surface area contributed by atoms with E-state index in [-0.39, 0.29) is 29.8 Å². The van der Waals surface area contributed by atoms with E-state index in [1.54, 1.807) is 21.9 Å². The van der Waals surface area contributed by atoms with Crippen molar-refractivity contribution in [3.8, 4) is 0 Å². The van der Waals surface area contributed by atoms with E-state index in [1.165, 1.54) is 12.1 Å². The molecule has 2 aliphatic rings. The van der Waals surface area contributed by atoms with Gasteiger partial charge in [0.05, 0.1) is 17.5 Å². The summed E-state index contributed by atoms with van der Waals surface area (Å²) in [5.41, 5.74) is 1.93. The van der Waals surface area contributed by atoms with Crippen LogP contribution in [0, 0.1) is 11.2 Å². The van der Waals surface area contributed by atoms with E-state index in [2.05, 4.69) is 5.32 Å². The third-order valence-electron chi connectivity index (χ3n) is 7.55. The van der Waals surface area contributed by atoms with Crippen molar-refractivity contribution >= 4 is 29.2 Å². The normalized spacial score (nSPS) is 19.6. The molecule has 36 heavy (non-hydrogen) atoms. The molecule has 1 spiro atoms. The van der Waals surface area contributed by atoms with Gasteiger partial charge in [0, 0.05) is 23.8 Å². The summed E-state index contributed by atoms with van der Waals surface area (Å²) in [6, 6.07) is 23.1. The van der Waals surface area contributed by atoms with Crippen molar-refractivity contribution in [1.82, 2.24) is 10.2 Å². The molecule has 7 heteroatoms. The van der Waals surface area contributed by atoms with Crippen molar-refractivity contribution in [2.75, 3.05) is 18.0 Å². The molecule has 1 unspecified atom stereocenters. The highest BCUT2D eigenvalue weighted by molar-refractivity contribution is 6.30. The summed E-state index contributed by atoms with van der Waals surface area (Å²) >= 11 is 6.13. The number of likely N-dealkylation sites (tertiary alicyclic amines) is 1. The van der Waals surface area contributed by atoms with Gasteiger partial charge in [0.2, 0.25) is 5.91 Å². The zero-order chi connectivity index (χ0) is 25.3. The lowest BCUT2D eigenvalue weighted by molar-refractivity contribution is -0.144. The number of carbonyl (C=O) groups excluding carboxylic acids is 2. The number of halogens is 2. The highest BCUT2D eigenvalue weighted by Crippen LogP contribution is 2.57. The van der Waals surface area contributed by atoms with Gasteiger partial charge in [0.15, 0.2) is 0 Å². The van der Waals surface area contributed by atoms with Crippen LogP contribution in [0.5, 0.6) is 0 Å². The number of carbonyl (C=O) groups is 2. The Labute approximate surface area is 215 Å². The van der Waals surface area contributed by atoms with Crippen LogP contribution in [0.15, 0.2) is 78.9 Å². The maximum absolute atomic E-state index is 14.0. The van der Waals surface area contributed by atoms with Crippen molar-refractivity contribution < 1.29 is 14.0 Å². The summed E-state index contributed by atoms with van der Waals surface area (Å²) in [5.74, 6) is -0.407. The fourth-order valence-electron chi connectivity index (χ4n) is 5.60. The molecule has 2 fully saturated rings. The molecule has 2 aliphatic heterocycles. The number of amides is 3. The molecule has 0 aliphatic carbocycles. The number of rotatable bonds is 5. The van der Waals surface area contributed by atoms with E-state index in [9.17, 15) is 14.0 Å². The van der Waals surface area contributed by atoms with Gasteiger partial charge in [0.1, 0.15) is 5.82 Å². The Balaban J connectivity index is 1.35. The number of hydrogen-bond donors (Lipinski definition) is 1. The minimum absolute atomic E-state index is 0.0242. The molecule has 1 N–H and O–H groups in total. The third-order valence-corrected chi connectivity index (χ3v) is 7.80. The monoisotopic (exact) mass is 505 g/mol. The van der Waals surface area contributed by atoms with Crippen LogP contribution >= 0.6 is 11.6 Å². The summed E-state index contributed by atoms with van der Waals surface area (Å²) < 4.78 is 14.0. The summed E-state index contributed by atoms with van der Waals surface area (Å²) in [6.45, 7) is 3.00. The Kier molecular flexibility index (Phi) is 6.71. The van der Waals surface area contributed by atoms with Crippen molar-refractivity contribution in [2.24, 2.45) is 5.41 Å². The standard InChI is InChI=1S/C29H29ClFN3O2/c1-2-25(20-7-4-3-5-8-20)32-28(36)33-17-15-29(16-18-33)26(21-11-13-22(30)14-12-21)34(27(29)35)24-10-6-9-23(31)19-24/h3-14,19,25-26H,2,15-18H2,1H3,(H,32,36)/t25-,26?/m0/s1. The molecule has 186 valence electrons. The minimum atomic E-state index is -0.638. The van der Waals surface area contributed by atoms with Crippen LogP contribution in [0.3, 0.4) is 0 Å². The number of benzene rings is 3. The van der Waals surface area contributed by atoms with Gasteiger partial charge in [-0.3, -0.25) is 4.79 Å². The predicted molar refractivity (Wildman–Crippen MR) is 139 cm³/mol. The van der Waals surface area contributed by atoms with Crippen LogP contribution in [0.25, 0.3) is 0 Å². The van der Waals surface area contributed by atoms with Crippen LogP contribution in [-0.2, 0) is 4.79 Å². The fraction of sp³-hybridized carbons (Fsp3) is 0.310. The molecule has 5 nitrogen and oxygen atoms in total. The lowest BCUT2D eigenvalue weighted by Crippen LogP contribution is -2.67. The summed E-state index contributed by atoms with van der Waals surface area (Å²) in [5, 5.41) is 3.77. The molecule has 2 heterocycles. The van der Waals surface area contributed by atoms with E-state index in [4.69, 9.17) is 11.6 Å². The van der Waals surface area contributed by atoms with Gasteiger partial charge in [-0.05, 0) is 60.7 Å². The van der Waals surface area contributed by atoms with Crippen LogP contribution in [0.2, 0.25) is 5.02 Å². The zero-order valence-electron chi connectivity index (χ0n) is 20.2. The first-order chi connectivity index (χ1) is 17.4. The molecular formula is C29H29ClFN3O2. The Morgan fingerprint density at radius 1 is 1.06 bits per heavy atom.